The molecule has 0 aromatic rings. The first-order valence-electron chi connectivity index (χ1n) is 2.41. The van der Waals surface area contributed by atoms with Crippen molar-refractivity contribution >= 4 is 31.0 Å². The van der Waals surface area contributed by atoms with Crippen molar-refractivity contribution in [2.75, 3.05) is 0 Å². The molecule has 0 nitrogen and oxygen atoms in total. The number of halogens is 9. The SMILES string of the molecule is F[BH-](F)F.F[BH-](F)F.F[BH-](F)F.[B+3]. The molecule has 0 fully saturated rings. The van der Waals surface area contributed by atoms with E-state index in [1.54, 1.807) is 0 Å². The fourth-order valence-corrected chi connectivity index (χ4v) is 0. The van der Waals surface area contributed by atoms with Crippen LogP contribution in [0.25, 0.3) is 0 Å². The van der Waals surface area contributed by atoms with E-state index in [1.807, 2.05) is 0 Å². The third-order valence-electron chi connectivity index (χ3n) is 0. The first kappa shape index (κ1) is 22.9. The van der Waals surface area contributed by atoms with Gasteiger partial charge in [0.1, 0.15) is 0 Å². The molecular weight excluding hydrogens is 214 g/mol. The largest absolute Gasteiger partial charge is 3.00 e. The summed E-state index contributed by atoms with van der Waals surface area (Å²) >= 11 is 0. The molecule has 0 rings (SSSR count). The fraction of sp³-hybridized carbons (Fsp3) is 0. The Bertz CT molecular complexity index is 40.1. The van der Waals surface area contributed by atoms with Gasteiger partial charge in [-0.1, -0.05) is 0 Å². The molecule has 0 bridgehead atoms. The summed E-state index contributed by atoms with van der Waals surface area (Å²) in [6, 6.07) is 0. The van der Waals surface area contributed by atoms with Crippen molar-refractivity contribution in [2.45, 2.75) is 0 Å². The van der Waals surface area contributed by atoms with Crippen LogP contribution in [0.5, 0.6) is 0 Å². The Labute approximate surface area is 71.1 Å². The van der Waals surface area contributed by atoms with Crippen LogP contribution in [0.3, 0.4) is 0 Å². The maximum absolute atomic E-state index is 9.75. The molecule has 78 valence electrons. The van der Waals surface area contributed by atoms with Gasteiger partial charge in [-0.25, -0.2) is 0 Å². The van der Waals surface area contributed by atoms with E-state index in [1.165, 1.54) is 0 Å². The zero-order valence-corrected chi connectivity index (χ0v) is 6.10. The van der Waals surface area contributed by atoms with Gasteiger partial charge in [0.05, 0.1) is 0 Å². The molecular formula is H3B4F9. The first-order valence-corrected chi connectivity index (χ1v) is 2.41. The van der Waals surface area contributed by atoms with Crippen LogP contribution in [-0.4, -0.2) is 31.0 Å². The Morgan fingerprint density at radius 2 is 0.385 bits per heavy atom. The summed E-state index contributed by atoms with van der Waals surface area (Å²) in [6.07, 6.45) is 0. The van der Waals surface area contributed by atoms with Crippen LogP contribution >= 0.6 is 0 Å². The molecule has 0 aliphatic rings. The second-order valence-electron chi connectivity index (χ2n) is 0.909. The Kier molecular flexibility index (Phi) is 31.1. The number of rotatable bonds is 0. The third kappa shape index (κ3) is 7870. The minimum Gasteiger partial charge on any atom is -0.452 e. The molecule has 0 aliphatic heterocycles. The average Bonchev–Trinajstić information content (AvgIpc) is 1.54. The Hall–Kier alpha value is -0.370. The van der Waals surface area contributed by atoms with Gasteiger partial charge in [0.2, 0.25) is 0 Å². The molecule has 0 N–H and O–H groups in total. The molecule has 0 saturated carbocycles. The average molecular weight is 217 g/mol. The molecule has 0 spiro atoms. The molecule has 0 atom stereocenters. The molecule has 13 heavy (non-hydrogen) atoms. The predicted molar refractivity (Wildman–Crippen MR) is 37.2 cm³/mol. The van der Waals surface area contributed by atoms with Crippen LogP contribution in [0.4, 0.5) is 38.8 Å². The Morgan fingerprint density at radius 3 is 0.385 bits per heavy atom. The monoisotopic (exact) mass is 218 g/mol. The minimum atomic E-state index is -4.25. The van der Waals surface area contributed by atoms with Crippen LogP contribution in [0, 0.1) is 0 Å². The summed E-state index contributed by atoms with van der Waals surface area (Å²) in [5, 5.41) is 0. The van der Waals surface area contributed by atoms with Gasteiger partial charge in [0.25, 0.3) is 0 Å². The van der Waals surface area contributed by atoms with Gasteiger partial charge in [-0.2, -0.15) is 0 Å². The summed E-state index contributed by atoms with van der Waals surface area (Å²) < 4.78 is 87.8. The van der Waals surface area contributed by atoms with E-state index in [2.05, 4.69) is 0 Å². The topological polar surface area (TPSA) is 0 Å². The van der Waals surface area contributed by atoms with Crippen molar-refractivity contribution in [1.82, 2.24) is 0 Å². The smallest absolute Gasteiger partial charge is 0.452 e. The van der Waals surface area contributed by atoms with E-state index in [0.29, 0.717) is 0 Å². The molecule has 0 aromatic heterocycles. The van der Waals surface area contributed by atoms with Crippen LogP contribution in [0.15, 0.2) is 0 Å². The summed E-state index contributed by atoms with van der Waals surface area (Å²) in [6.45, 7) is 0. The van der Waals surface area contributed by atoms with Crippen molar-refractivity contribution < 1.29 is 38.8 Å². The first-order chi connectivity index (χ1) is 5.20. The summed E-state index contributed by atoms with van der Waals surface area (Å²) in [7, 11) is -12.8. The summed E-state index contributed by atoms with van der Waals surface area (Å²) in [5.41, 5.74) is 0. The van der Waals surface area contributed by atoms with Crippen LogP contribution in [0.2, 0.25) is 0 Å². The van der Waals surface area contributed by atoms with Gasteiger partial charge in [-0.3, -0.25) is 0 Å². The van der Waals surface area contributed by atoms with Crippen molar-refractivity contribution in [3.05, 3.63) is 0 Å². The molecule has 0 unspecified atom stereocenters. The standard InChI is InChI=1S/3BF3H.B/c3*2-1(3)4;/h3*1H;/q3*-1;+3. The van der Waals surface area contributed by atoms with E-state index in [4.69, 9.17) is 0 Å². The van der Waals surface area contributed by atoms with Crippen molar-refractivity contribution in [3.63, 3.8) is 0 Å². The van der Waals surface area contributed by atoms with Gasteiger partial charge < -0.3 is 38.8 Å². The third-order valence-corrected chi connectivity index (χ3v) is 0. The number of hydrogen-bond donors (Lipinski definition) is 0. The maximum Gasteiger partial charge on any atom is 3.00 e. The zero-order valence-electron chi connectivity index (χ0n) is 6.10. The van der Waals surface area contributed by atoms with Gasteiger partial charge in [-0.15, -0.1) is 0 Å². The molecule has 0 amide bonds. The number of hydrogen-bond acceptors (Lipinski definition) is 0. The summed E-state index contributed by atoms with van der Waals surface area (Å²) in [5.74, 6) is 0. The van der Waals surface area contributed by atoms with Crippen LogP contribution < -0.4 is 0 Å². The second kappa shape index (κ2) is 17.6. The Balaban J connectivity index is -0.0000000450. The minimum absolute atomic E-state index is 0. The Morgan fingerprint density at radius 1 is 0.385 bits per heavy atom. The van der Waals surface area contributed by atoms with E-state index in [-0.39, 0.29) is 8.41 Å². The normalized spacial score (nSPS) is 8.31. The van der Waals surface area contributed by atoms with E-state index >= 15 is 0 Å². The zero-order chi connectivity index (χ0) is 10.7. The van der Waals surface area contributed by atoms with Gasteiger partial charge in [0, 0.05) is 0 Å². The predicted octanol–water partition coefficient (Wildman–Crippen LogP) is 1.46. The van der Waals surface area contributed by atoms with E-state index in [9.17, 15) is 38.8 Å². The molecule has 13 heteroatoms. The van der Waals surface area contributed by atoms with Crippen molar-refractivity contribution in [2.24, 2.45) is 0 Å². The van der Waals surface area contributed by atoms with Crippen molar-refractivity contribution in [3.8, 4) is 0 Å². The van der Waals surface area contributed by atoms with Gasteiger partial charge >= 0.3 is 31.0 Å². The maximum atomic E-state index is 9.75. The molecule has 0 aliphatic carbocycles. The van der Waals surface area contributed by atoms with Crippen LogP contribution in [0.1, 0.15) is 0 Å². The molecule has 0 saturated heterocycles. The van der Waals surface area contributed by atoms with Crippen molar-refractivity contribution in [1.29, 1.82) is 0 Å². The van der Waals surface area contributed by atoms with Crippen LogP contribution in [-0.2, 0) is 0 Å². The van der Waals surface area contributed by atoms with E-state index < -0.39 is 22.6 Å². The molecule has 0 aromatic carbocycles. The fourth-order valence-electron chi connectivity index (χ4n) is 0. The second-order valence-corrected chi connectivity index (χ2v) is 0.909. The molecule has 0 radical (unpaired) electrons. The van der Waals surface area contributed by atoms with E-state index in [0.717, 1.165) is 0 Å². The quantitative estimate of drug-likeness (QED) is 0.425. The molecule has 0 heterocycles. The van der Waals surface area contributed by atoms with Gasteiger partial charge in [0.15, 0.2) is 0 Å². The summed E-state index contributed by atoms with van der Waals surface area (Å²) in [4.78, 5) is 0. The van der Waals surface area contributed by atoms with Gasteiger partial charge in [-0.05, 0) is 0 Å².